The Morgan fingerprint density at radius 2 is 2.04 bits per heavy atom. The molecule has 1 aromatic carbocycles. The first-order valence-corrected chi connectivity index (χ1v) is 9.81. The molecule has 0 spiro atoms. The summed E-state index contributed by atoms with van der Waals surface area (Å²) >= 11 is 1.53. The normalized spacial score (nSPS) is 11.0. The maximum atomic E-state index is 12.8. The summed E-state index contributed by atoms with van der Waals surface area (Å²) in [6.45, 7) is 2.62. The van der Waals surface area contributed by atoms with Crippen LogP contribution in [0.2, 0.25) is 0 Å². The van der Waals surface area contributed by atoms with Gasteiger partial charge in [0.15, 0.2) is 5.69 Å². The summed E-state index contributed by atoms with van der Waals surface area (Å²) in [6.07, 6.45) is 2.27. The van der Waals surface area contributed by atoms with Crippen LogP contribution >= 0.6 is 11.3 Å². The van der Waals surface area contributed by atoms with Crippen molar-refractivity contribution in [3.05, 3.63) is 69.8 Å². The minimum absolute atomic E-state index is 0.189. The van der Waals surface area contributed by atoms with Crippen LogP contribution in [-0.2, 0) is 13.1 Å². The Morgan fingerprint density at radius 3 is 2.79 bits per heavy atom. The molecule has 0 radical (unpaired) electrons. The molecule has 0 fully saturated rings. The fourth-order valence-corrected chi connectivity index (χ4v) is 3.58. The minimum atomic E-state index is -0.360. The molecule has 0 bridgehead atoms. The highest BCUT2D eigenvalue weighted by Gasteiger charge is 2.17. The molecule has 0 saturated heterocycles. The molecule has 0 aliphatic carbocycles. The Balaban J connectivity index is 1.59. The van der Waals surface area contributed by atoms with Crippen LogP contribution in [0, 0.1) is 0 Å². The summed E-state index contributed by atoms with van der Waals surface area (Å²) in [7, 11) is 0. The number of nitrogens with zero attached hydrogens (tertiary/aromatic N) is 3. The lowest BCUT2D eigenvalue weighted by atomic mass is 10.1. The number of rotatable bonds is 6. The number of oxazole rings is 1. The van der Waals surface area contributed by atoms with E-state index < -0.39 is 0 Å². The molecule has 3 aromatic heterocycles. The smallest absolute Gasteiger partial charge is 0.274 e. The van der Waals surface area contributed by atoms with Gasteiger partial charge in [0, 0.05) is 11.9 Å². The molecule has 1 amide bonds. The van der Waals surface area contributed by atoms with E-state index in [0.29, 0.717) is 28.9 Å². The molecule has 0 saturated carbocycles. The number of aromatic nitrogens is 3. The molecule has 28 heavy (non-hydrogen) atoms. The van der Waals surface area contributed by atoms with Gasteiger partial charge in [-0.3, -0.25) is 9.59 Å². The van der Waals surface area contributed by atoms with E-state index in [4.69, 9.17) is 4.42 Å². The van der Waals surface area contributed by atoms with Crippen molar-refractivity contribution in [1.82, 2.24) is 20.1 Å². The van der Waals surface area contributed by atoms with E-state index in [9.17, 15) is 9.59 Å². The highest BCUT2D eigenvalue weighted by Crippen LogP contribution is 2.23. The summed E-state index contributed by atoms with van der Waals surface area (Å²) in [5.41, 5.74) is 0.652. The zero-order valence-electron chi connectivity index (χ0n) is 15.2. The van der Waals surface area contributed by atoms with Gasteiger partial charge < -0.3 is 9.73 Å². The van der Waals surface area contributed by atoms with E-state index in [1.165, 1.54) is 22.3 Å². The minimum Gasteiger partial charge on any atom is -0.443 e. The van der Waals surface area contributed by atoms with Crippen molar-refractivity contribution >= 4 is 28.0 Å². The van der Waals surface area contributed by atoms with Crippen molar-refractivity contribution in [2.45, 2.75) is 26.4 Å². The second kappa shape index (κ2) is 7.77. The molecular weight excluding hydrogens is 376 g/mol. The highest BCUT2D eigenvalue weighted by atomic mass is 32.1. The zero-order valence-corrected chi connectivity index (χ0v) is 16.0. The Morgan fingerprint density at radius 1 is 1.21 bits per heavy atom. The first-order chi connectivity index (χ1) is 13.7. The molecule has 0 aliphatic heterocycles. The van der Waals surface area contributed by atoms with Crippen molar-refractivity contribution < 1.29 is 9.21 Å². The van der Waals surface area contributed by atoms with Gasteiger partial charge in [0.05, 0.1) is 22.5 Å². The van der Waals surface area contributed by atoms with Gasteiger partial charge in [-0.05, 0) is 23.9 Å². The van der Waals surface area contributed by atoms with Crippen LogP contribution in [0.1, 0.15) is 29.5 Å². The van der Waals surface area contributed by atoms with E-state index in [1.807, 2.05) is 24.4 Å². The number of carbonyl (C=O) groups is 1. The number of thiophene rings is 1. The van der Waals surface area contributed by atoms with Crippen LogP contribution in [0.3, 0.4) is 0 Å². The molecule has 7 nitrogen and oxygen atoms in total. The number of nitrogens with one attached hydrogen (secondary N) is 1. The molecule has 3 heterocycles. The average Bonchev–Trinajstić information content (AvgIpc) is 3.40. The standard InChI is InChI=1S/C20H18N4O3S/c1-2-9-24-20(26)15-7-4-3-6-14(15)17(23-24)18(25)21-11-13-12-27-19(22-13)16-8-5-10-28-16/h3-8,10,12H,2,9,11H2,1H3,(H,21,25). The van der Waals surface area contributed by atoms with Crippen LogP contribution in [0.5, 0.6) is 0 Å². The molecular formula is C20H18N4O3S. The second-order valence-electron chi connectivity index (χ2n) is 6.23. The topological polar surface area (TPSA) is 90.0 Å². The van der Waals surface area contributed by atoms with Gasteiger partial charge in [0.2, 0.25) is 5.89 Å². The third kappa shape index (κ3) is 3.46. The predicted molar refractivity (Wildman–Crippen MR) is 107 cm³/mol. The van der Waals surface area contributed by atoms with E-state index >= 15 is 0 Å². The molecule has 1 N–H and O–H groups in total. The SMILES string of the molecule is CCCn1nc(C(=O)NCc2coc(-c3cccs3)n2)c2ccccc2c1=O. The quantitative estimate of drug-likeness (QED) is 0.541. The Bertz CT molecular complexity index is 1180. The fraction of sp³-hybridized carbons (Fsp3) is 0.200. The van der Waals surface area contributed by atoms with Gasteiger partial charge in [-0.15, -0.1) is 11.3 Å². The Hall–Kier alpha value is -3.26. The number of amides is 1. The lowest BCUT2D eigenvalue weighted by Gasteiger charge is -2.10. The van der Waals surface area contributed by atoms with Crippen LogP contribution in [0.25, 0.3) is 21.5 Å². The molecule has 4 aromatic rings. The monoisotopic (exact) mass is 394 g/mol. The highest BCUT2D eigenvalue weighted by molar-refractivity contribution is 7.13. The van der Waals surface area contributed by atoms with Crippen molar-refractivity contribution in [3.8, 4) is 10.8 Å². The maximum Gasteiger partial charge on any atom is 0.274 e. The lowest BCUT2D eigenvalue weighted by Crippen LogP contribution is -2.30. The summed E-state index contributed by atoms with van der Waals surface area (Å²) in [6, 6.07) is 10.9. The third-order valence-electron chi connectivity index (χ3n) is 4.23. The molecule has 0 unspecified atom stereocenters. The summed E-state index contributed by atoms with van der Waals surface area (Å²) in [4.78, 5) is 30.6. The first kappa shape index (κ1) is 18.1. The molecule has 8 heteroatoms. The van der Waals surface area contributed by atoms with Crippen LogP contribution in [-0.4, -0.2) is 20.7 Å². The van der Waals surface area contributed by atoms with Gasteiger partial charge in [0.25, 0.3) is 11.5 Å². The number of aryl methyl sites for hydroxylation is 1. The molecule has 142 valence electrons. The fourth-order valence-electron chi connectivity index (χ4n) is 2.92. The number of hydrogen-bond acceptors (Lipinski definition) is 6. The largest absolute Gasteiger partial charge is 0.443 e. The van der Waals surface area contributed by atoms with E-state index in [-0.39, 0.29) is 23.7 Å². The van der Waals surface area contributed by atoms with Crippen LogP contribution in [0.15, 0.2) is 57.3 Å². The lowest BCUT2D eigenvalue weighted by molar-refractivity contribution is 0.0945. The van der Waals surface area contributed by atoms with Crippen molar-refractivity contribution in [2.75, 3.05) is 0 Å². The summed E-state index contributed by atoms with van der Waals surface area (Å²) in [5.74, 6) is 0.168. The zero-order chi connectivity index (χ0) is 19.5. The van der Waals surface area contributed by atoms with E-state index in [0.717, 1.165) is 11.3 Å². The van der Waals surface area contributed by atoms with E-state index in [2.05, 4.69) is 15.4 Å². The van der Waals surface area contributed by atoms with Gasteiger partial charge in [-0.2, -0.15) is 5.10 Å². The van der Waals surface area contributed by atoms with Crippen molar-refractivity contribution in [2.24, 2.45) is 0 Å². The van der Waals surface area contributed by atoms with E-state index in [1.54, 1.807) is 24.3 Å². The van der Waals surface area contributed by atoms with Gasteiger partial charge >= 0.3 is 0 Å². The molecule has 0 atom stereocenters. The summed E-state index contributed by atoms with van der Waals surface area (Å²) < 4.78 is 6.82. The average molecular weight is 394 g/mol. The molecule has 4 rings (SSSR count). The maximum absolute atomic E-state index is 12.8. The second-order valence-corrected chi connectivity index (χ2v) is 7.17. The number of fused-ring (bicyclic) bond motifs is 1. The predicted octanol–water partition coefficient (Wildman–Crippen LogP) is 3.45. The van der Waals surface area contributed by atoms with Crippen molar-refractivity contribution in [3.63, 3.8) is 0 Å². The van der Waals surface area contributed by atoms with Gasteiger partial charge in [-0.1, -0.05) is 31.2 Å². The Kier molecular flexibility index (Phi) is 5.03. The Labute approximate surface area is 164 Å². The number of benzene rings is 1. The van der Waals surface area contributed by atoms with Crippen LogP contribution in [0.4, 0.5) is 0 Å². The van der Waals surface area contributed by atoms with Gasteiger partial charge in [-0.25, -0.2) is 9.67 Å². The van der Waals surface area contributed by atoms with Crippen molar-refractivity contribution in [1.29, 1.82) is 0 Å². The third-order valence-corrected chi connectivity index (χ3v) is 5.09. The number of hydrogen-bond donors (Lipinski definition) is 1. The number of carbonyl (C=O) groups excluding carboxylic acids is 1. The van der Waals surface area contributed by atoms with Gasteiger partial charge in [0.1, 0.15) is 6.26 Å². The van der Waals surface area contributed by atoms with Crippen LogP contribution < -0.4 is 10.9 Å². The first-order valence-electron chi connectivity index (χ1n) is 8.93. The molecule has 0 aliphatic rings. The summed E-state index contributed by atoms with van der Waals surface area (Å²) in [5, 5.41) is 10.1.